The number of hydrogen-bond donors (Lipinski definition) is 3. The third-order valence-corrected chi connectivity index (χ3v) is 4.76. The van der Waals surface area contributed by atoms with Gasteiger partial charge in [0.05, 0.1) is 17.1 Å². The van der Waals surface area contributed by atoms with E-state index in [1.807, 2.05) is 42.5 Å². The van der Waals surface area contributed by atoms with Gasteiger partial charge in [0.1, 0.15) is 12.4 Å². The molecule has 2 heterocycles. The van der Waals surface area contributed by atoms with Crippen molar-refractivity contribution in [1.29, 1.82) is 0 Å². The smallest absolute Gasteiger partial charge is 0.275 e. The van der Waals surface area contributed by atoms with Crippen LogP contribution in [0.4, 0.5) is 5.95 Å². The van der Waals surface area contributed by atoms with E-state index in [1.54, 1.807) is 19.1 Å². The molecule has 2 aromatic carbocycles. The van der Waals surface area contributed by atoms with Gasteiger partial charge in [-0.15, -0.1) is 5.10 Å². The minimum atomic E-state index is -0.442. The largest absolute Gasteiger partial charge is 0.367 e. The number of carbonyl (C=O) groups excluding carboxylic acids is 1. The number of nitrogen functional groups attached to an aromatic ring is 1. The number of H-pyrrole nitrogens is 1. The van der Waals surface area contributed by atoms with Crippen molar-refractivity contribution in [3.63, 3.8) is 0 Å². The highest BCUT2D eigenvalue weighted by molar-refractivity contribution is 5.84. The molecule has 1 amide bonds. The number of aromatic nitrogens is 5. The molecule has 4 aromatic rings. The molecular formula is C21H21N7O2. The first-order valence-corrected chi connectivity index (χ1v) is 9.51. The molecule has 0 aliphatic rings. The van der Waals surface area contributed by atoms with Crippen molar-refractivity contribution in [3.05, 3.63) is 82.0 Å². The third kappa shape index (κ3) is 4.04. The number of aromatic amines is 1. The van der Waals surface area contributed by atoms with Gasteiger partial charge < -0.3 is 11.1 Å². The van der Waals surface area contributed by atoms with Gasteiger partial charge in [-0.2, -0.15) is 10.1 Å². The van der Waals surface area contributed by atoms with E-state index in [-0.39, 0.29) is 24.0 Å². The Balaban J connectivity index is 1.62. The summed E-state index contributed by atoms with van der Waals surface area (Å²) in [5, 5.41) is 15.0. The number of nitrogens with two attached hydrogens (primary N) is 1. The third-order valence-electron chi connectivity index (χ3n) is 4.76. The summed E-state index contributed by atoms with van der Waals surface area (Å²) in [7, 11) is 0. The van der Waals surface area contributed by atoms with Crippen LogP contribution >= 0.6 is 0 Å². The summed E-state index contributed by atoms with van der Waals surface area (Å²) in [6, 6.07) is 16.7. The highest BCUT2D eigenvalue weighted by Crippen LogP contribution is 2.17. The number of rotatable bonds is 6. The lowest BCUT2D eigenvalue weighted by atomic mass is 10.0. The highest BCUT2D eigenvalue weighted by Gasteiger charge is 2.16. The minimum absolute atomic E-state index is 0.101. The maximum atomic E-state index is 12.9. The summed E-state index contributed by atoms with van der Waals surface area (Å²) in [6.45, 7) is 1.54. The average Bonchev–Trinajstić information content (AvgIpc) is 3.19. The fraction of sp³-hybridized carbons (Fsp3) is 0.190. The van der Waals surface area contributed by atoms with Crippen molar-refractivity contribution in [2.45, 2.75) is 25.9 Å². The zero-order chi connectivity index (χ0) is 21.1. The maximum absolute atomic E-state index is 12.9. The van der Waals surface area contributed by atoms with E-state index >= 15 is 0 Å². The average molecular weight is 403 g/mol. The molecule has 152 valence electrons. The molecular weight excluding hydrogens is 382 g/mol. The van der Waals surface area contributed by atoms with Crippen molar-refractivity contribution in [2.75, 3.05) is 5.73 Å². The van der Waals surface area contributed by atoms with E-state index in [0.717, 1.165) is 16.6 Å². The van der Waals surface area contributed by atoms with Gasteiger partial charge >= 0.3 is 0 Å². The van der Waals surface area contributed by atoms with Crippen LogP contribution in [0.1, 0.15) is 30.0 Å². The lowest BCUT2D eigenvalue weighted by molar-refractivity contribution is -0.122. The van der Waals surface area contributed by atoms with Gasteiger partial charge in [-0.1, -0.05) is 48.5 Å². The van der Waals surface area contributed by atoms with E-state index < -0.39 is 6.04 Å². The normalized spacial score (nSPS) is 12.0. The van der Waals surface area contributed by atoms with Crippen LogP contribution < -0.4 is 16.6 Å². The van der Waals surface area contributed by atoms with E-state index in [1.165, 1.54) is 4.68 Å². The molecule has 0 saturated carbocycles. The zero-order valence-corrected chi connectivity index (χ0v) is 16.4. The molecule has 4 rings (SSSR count). The molecule has 0 spiro atoms. The first kappa shape index (κ1) is 19.3. The van der Waals surface area contributed by atoms with Gasteiger partial charge in [-0.25, -0.2) is 4.68 Å². The van der Waals surface area contributed by atoms with Gasteiger partial charge in [0.25, 0.3) is 5.56 Å². The van der Waals surface area contributed by atoms with Gasteiger partial charge in [-0.3, -0.25) is 14.7 Å². The van der Waals surface area contributed by atoms with Crippen LogP contribution in [0.3, 0.4) is 0 Å². The molecule has 0 aliphatic heterocycles. The first-order valence-electron chi connectivity index (χ1n) is 9.51. The fourth-order valence-electron chi connectivity index (χ4n) is 3.31. The molecule has 9 nitrogen and oxygen atoms in total. The molecule has 30 heavy (non-hydrogen) atoms. The van der Waals surface area contributed by atoms with Crippen molar-refractivity contribution < 1.29 is 4.79 Å². The minimum Gasteiger partial charge on any atom is -0.367 e. The number of hydrogen-bond acceptors (Lipinski definition) is 6. The SMILES string of the molecule is CC(NC(=O)Cn1nc(Cc2ccccc2)c2ccccc2c1=O)c1nc(N)n[nH]1. The maximum Gasteiger partial charge on any atom is 0.275 e. The molecule has 0 aliphatic carbocycles. The van der Waals surface area contributed by atoms with Gasteiger partial charge in [0.15, 0.2) is 0 Å². The molecule has 0 radical (unpaired) electrons. The Morgan fingerprint density at radius 3 is 2.53 bits per heavy atom. The number of nitrogens with zero attached hydrogens (tertiary/aromatic N) is 4. The van der Waals surface area contributed by atoms with Crippen molar-refractivity contribution in [3.8, 4) is 0 Å². The molecule has 9 heteroatoms. The quantitative estimate of drug-likeness (QED) is 0.448. The molecule has 4 N–H and O–H groups in total. The van der Waals surface area contributed by atoms with Crippen molar-refractivity contribution >= 4 is 22.6 Å². The Morgan fingerprint density at radius 1 is 1.13 bits per heavy atom. The second kappa shape index (κ2) is 8.16. The van der Waals surface area contributed by atoms with Crippen LogP contribution in [0.5, 0.6) is 0 Å². The number of nitrogens with one attached hydrogen (secondary N) is 2. The zero-order valence-electron chi connectivity index (χ0n) is 16.4. The molecule has 1 unspecified atom stereocenters. The predicted molar refractivity (Wildman–Crippen MR) is 113 cm³/mol. The summed E-state index contributed by atoms with van der Waals surface area (Å²) < 4.78 is 1.21. The highest BCUT2D eigenvalue weighted by atomic mass is 16.2. The Bertz CT molecular complexity index is 1250. The number of fused-ring (bicyclic) bond motifs is 1. The molecule has 0 bridgehead atoms. The van der Waals surface area contributed by atoms with Crippen LogP contribution in [0.25, 0.3) is 10.8 Å². The number of benzene rings is 2. The summed E-state index contributed by atoms with van der Waals surface area (Å²) in [5.74, 6) is 0.168. The molecule has 1 atom stereocenters. The molecule has 2 aromatic heterocycles. The van der Waals surface area contributed by atoms with E-state index in [2.05, 4.69) is 25.6 Å². The van der Waals surface area contributed by atoms with E-state index in [4.69, 9.17) is 5.73 Å². The van der Waals surface area contributed by atoms with E-state index in [0.29, 0.717) is 17.6 Å². The van der Waals surface area contributed by atoms with Crippen LogP contribution in [-0.2, 0) is 17.8 Å². The van der Waals surface area contributed by atoms with E-state index in [9.17, 15) is 9.59 Å². The van der Waals surface area contributed by atoms with Gasteiger partial charge in [0, 0.05) is 11.8 Å². The topological polar surface area (TPSA) is 132 Å². The Labute approximate surface area is 171 Å². The lowest BCUT2D eigenvalue weighted by Crippen LogP contribution is -2.35. The van der Waals surface area contributed by atoms with Gasteiger partial charge in [0.2, 0.25) is 11.9 Å². The summed E-state index contributed by atoms with van der Waals surface area (Å²) in [4.78, 5) is 29.5. The first-order chi connectivity index (χ1) is 14.5. The van der Waals surface area contributed by atoms with Crippen LogP contribution in [0.15, 0.2) is 59.4 Å². The molecule has 0 fully saturated rings. The number of amides is 1. The number of carbonyl (C=O) groups is 1. The fourth-order valence-corrected chi connectivity index (χ4v) is 3.31. The van der Waals surface area contributed by atoms with Gasteiger partial charge in [-0.05, 0) is 18.6 Å². The second-order valence-corrected chi connectivity index (χ2v) is 6.99. The summed E-state index contributed by atoms with van der Waals surface area (Å²) in [5.41, 5.74) is 7.00. The molecule has 0 saturated heterocycles. The van der Waals surface area contributed by atoms with Crippen molar-refractivity contribution in [1.82, 2.24) is 30.3 Å². The van der Waals surface area contributed by atoms with Crippen LogP contribution in [0.2, 0.25) is 0 Å². The second-order valence-electron chi connectivity index (χ2n) is 6.99. The lowest BCUT2D eigenvalue weighted by Gasteiger charge is -2.13. The standard InChI is InChI=1S/C21H21N7O2/c1-13(19-24-21(22)26-25-19)23-18(29)12-28-20(30)16-10-6-5-9-15(16)17(27-28)11-14-7-3-2-4-8-14/h2-10,13H,11-12H2,1H3,(H,23,29)(H3,22,24,25,26). The number of anilines is 1. The Kier molecular flexibility index (Phi) is 5.25. The predicted octanol–water partition coefficient (Wildman–Crippen LogP) is 1.56. The van der Waals surface area contributed by atoms with Crippen LogP contribution in [0, 0.1) is 0 Å². The van der Waals surface area contributed by atoms with Crippen molar-refractivity contribution in [2.24, 2.45) is 0 Å². The van der Waals surface area contributed by atoms with Crippen LogP contribution in [-0.4, -0.2) is 30.9 Å². The monoisotopic (exact) mass is 403 g/mol. The summed E-state index contributed by atoms with van der Waals surface area (Å²) in [6.07, 6.45) is 0.553. The summed E-state index contributed by atoms with van der Waals surface area (Å²) >= 11 is 0. The Morgan fingerprint density at radius 2 is 1.83 bits per heavy atom. The Hall–Kier alpha value is -4.01.